The van der Waals surface area contributed by atoms with Gasteiger partial charge in [-0.2, -0.15) is 0 Å². The lowest BCUT2D eigenvalue weighted by Gasteiger charge is -2.21. The summed E-state index contributed by atoms with van der Waals surface area (Å²) < 4.78 is 0. The van der Waals surface area contributed by atoms with Gasteiger partial charge >= 0.3 is 12.0 Å². The van der Waals surface area contributed by atoms with Crippen molar-refractivity contribution in [3.8, 4) is 0 Å². The van der Waals surface area contributed by atoms with Crippen molar-refractivity contribution in [2.45, 2.75) is 39.0 Å². The van der Waals surface area contributed by atoms with Crippen molar-refractivity contribution in [1.29, 1.82) is 0 Å². The molecular formula is C12H22N2O3. The summed E-state index contributed by atoms with van der Waals surface area (Å²) in [7, 11) is 0. The van der Waals surface area contributed by atoms with Crippen molar-refractivity contribution in [3.63, 3.8) is 0 Å². The number of carbonyl (C=O) groups excluding carboxylic acids is 1. The number of rotatable bonds is 6. The molecule has 1 fully saturated rings. The van der Waals surface area contributed by atoms with E-state index in [2.05, 4.69) is 5.32 Å². The molecule has 0 bridgehead atoms. The van der Waals surface area contributed by atoms with E-state index in [4.69, 9.17) is 5.11 Å². The zero-order chi connectivity index (χ0) is 12.7. The van der Waals surface area contributed by atoms with Gasteiger partial charge in [-0.05, 0) is 25.2 Å². The van der Waals surface area contributed by atoms with Crippen molar-refractivity contribution in [2.24, 2.45) is 5.92 Å². The average molecular weight is 242 g/mol. The molecule has 1 rings (SSSR count). The molecule has 0 saturated heterocycles. The minimum atomic E-state index is -0.963. The van der Waals surface area contributed by atoms with Crippen LogP contribution in [0.5, 0.6) is 0 Å². The van der Waals surface area contributed by atoms with Gasteiger partial charge in [0.15, 0.2) is 0 Å². The van der Waals surface area contributed by atoms with Gasteiger partial charge in [0.25, 0.3) is 0 Å². The molecule has 0 heterocycles. The van der Waals surface area contributed by atoms with Crippen LogP contribution in [0.4, 0.5) is 4.79 Å². The van der Waals surface area contributed by atoms with E-state index in [0.29, 0.717) is 19.0 Å². The minimum absolute atomic E-state index is 0.218. The van der Waals surface area contributed by atoms with E-state index in [9.17, 15) is 9.59 Å². The SMILES string of the molecule is CCCN(CC(=O)O)C(=O)NCC1CCCC1. The number of carboxylic acid groups (broad SMARTS) is 1. The Morgan fingerprint density at radius 3 is 2.53 bits per heavy atom. The second-order valence-corrected chi connectivity index (χ2v) is 4.65. The van der Waals surface area contributed by atoms with Crippen molar-refractivity contribution >= 4 is 12.0 Å². The molecule has 0 aromatic rings. The maximum absolute atomic E-state index is 11.8. The summed E-state index contributed by atoms with van der Waals surface area (Å²) in [5.41, 5.74) is 0. The molecule has 0 spiro atoms. The second kappa shape index (κ2) is 7.14. The number of nitrogens with one attached hydrogen (secondary N) is 1. The Morgan fingerprint density at radius 2 is 2.00 bits per heavy atom. The van der Waals surface area contributed by atoms with Gasteiger partial charge < -0.3 is 15.3 Å². The van der Waals surface area contributed by atoms with Crippen LogP contribution in [0.25, 0.3) is 0 Å². The summed E-state index contributed by atoms with van der Waals surface area (Å²) in [6, 6.07) is -0.249. The second-order valence-electron chi connectivity index (χ2n) is 4.65. The number of carbonyl (C=O) groups is 2. The molecule has 0 radical (unpaired) electrons. The van der Waals surface area contributed by atoms with Crippen molar-refractivity contribution in [1.82, 2.24) is 10.2 Å². The first-order valence-corrected chi connectivity index (χ1v) is 6.38. The van der Waals surface area contributed by atoms with Crippen LogP contribution in [0.1, 0.15) is 39.0 Å². The molecule has 98 valence electrons. The van der Waals surface area contributed by atoms with Gasteiger partial charge in [-0.15, -0.1) is 0 Å². The smallest absolute Gasteiger partial charge is 0.323 e. The highest BCUT2D eigenvalue weighted by Crippen LogP contribution is 2.23. The number of aliphatic carboxylic acids is 1. The third-order valence-corrected chi connectivity index (χ3v) is 3.12. The molecule has 0 aromatic carbocycles. The third-order valence-electron chi connectivity index (χ3n) is 3.12. The van der Waals surface area contributed by atoms with Crippen LogP contribution >= 0.6 is 0 Å². The van der Waals surface area contributed by atoms with Crippen LogP contribution in [0.15, 0.2) is 0 Å². The molecular weight excluding hydrogens is 220 g/mol. The Bertz CT molecular complexity index is 262. The highest BCUT2D eigenvalue weighted by molar-refractivity contribution is 5.80. The van der Waals surface area contributed by atoms with E-state index in [1.54, 1.807) is 0 Å². The van der Waals surface area contributed by atoms with Crippen LogP contribution in [0, 0.1) is 5.92 Å². The molecule has 2 N–H and O–H groups in total. The number of carboxylic acids is 1. The summed E-state index contributed by atoms with van der Waals surface area (Å²) in [4.78, 5) is 23.8. The first kappa shape index (κ1) is 13.8. The Balaban J connectivity index is 2.32. The lowest BCUT2D eigenvalue weighted by molar-refractivity contribution is -0.137. The van der Waals surface area contributed by atoms with Crippen LogP contribution in [0.2, 0.25) is 0 Å². The molecule has 17 heavy (non-hydrogen) atoms. The maximum Gasteiger partial charge on any atom is 0.323 e. The molecule has 1 aliphatic carbocycles. The first-order chi connectivity index (χ1) is 8.13. The Kier molecular flexibility index (Phi) is 5.80. The highest BCUT2D eigenvalue weighted by atomic mass is 16.4. The van der Waals surface area contributed by atoms with Gasteiger partial charge in [0.05, 0.1) is 0 Å². The van der Waals surface area contributed by atoms with E-state index in [-0.39, 0.29) is 12.6 Å². The highest BCUT2D eigenvalue weighted by Gasteiger charge is 2.19. The zero-order valence-corrected chi connectivity index (χ0v) is 10.4. The summed E-state index contributed by atoms with van der Waals surface area (Å²) in [6.45, 7) is 2.88. The van der Waals surface area contributed by atoms with E-state index < -0.39 is 5.97 Å². The molecule has 5 nitrogen and oxygen atoms in total. The fourth-order valence-electron chi connectivity index (χ4n) is 2.24. The van der Waals surface area contributed by atoms with Gasteiger partial charge in [-0.3, -0.25) is 4.79 Å². The number of urea groups is 1. The monoisotopic (exact) mass is 242 g/mol. The Hall–Kier alpha value is -1.26. The van der Waals surface area contributed by atoms with Gasteiger partial charge in [0, 0.05) is 13.1 Å². The van der Waals surface area contributed by atoms with E-state index >= 15 is 0 Å². The average Bonchev–Trinajstić information content (AvgIpc) is 2.77. The largest absolute Gasteiger partial charge is 0.480 e. The third kappa shape index (κ3) is 5.06. The fourth-order valence-corrected chi connectivity index (χ4v) is 2.24. The van der Waals surface area contributed by atoms with Crippen LogP contribution in [0.3, 0.4) is 0 Å². The number of amides is 2. The summed E-state index contributed by atoms with van der Waals surface area (Å²) >= 11 is 0. The molecule has 2 amide bonds. The van der Waals surface area contributed by atoms with E-state index in [0.717, 1.165) is 6.42 Å². The van der Waals surface area contributed by atoms with Crippen LogP contribution in [-0.2, 0) is 4.79 Å². The summed E-state index contributed by atoms with van der Waals surface area (Å²) in [5, 5.41) is 11.6. The van der Waals surface area contributed by atoms with Gasteiger partial charge in [0.1, 0.15) is 6.54 Å². The lowest BCUT2D eigenvalue weighted by Crippen LogP contribution is -2.44. The van der Waals surface area contributed by atoms with E-state index in [1.807, 2.05) is 6.92 Å². The molecule has 5 heteroatoms. The minimum Gasteiger partial charge on any atom is -0.480 e. The quantitative estimate of drug-likeness (QED) is 0.744. The molecule has 0 atom stereocenters. The molecule has 0 unspecified atom stereocenters. The van der Waals surface area contributed by atoms with Crippen molar-refractivity contribution < 1.29 is 14.7 Å². The zero-order valence-electron chi connectivity index (χ0n) is 10.4. The Morgan fingerprint density at radius 1 is 1.35 bits per heavy atom. The standard InChI is InChI=1S/C12H22N2O3/c1-2-7-14(9-11(15)16)12(17)13-8-10-5-3-4-6-10/h10H,2-9H2,1H3,(H,13,17)(H,15,16). The first-order valence-electron chi connectivity index (χ1n) is 6.38. The molecule has 1 saturated carbocycles. The predicted octanol–water partition coefficient (Wildman–Crippen LogP) is 1.68. The van der Waals surface area contributed by atoms with Crippen molar-refractivity contribution in [2.75, 3.05) is 19.6 Å². The van der Waals surface area contributed by atoms with Gasteiger partial charge in [-0.1, -0.05) is 19.8 Å². The summed E-state index contributed by atoms with van der Waals surface area (Å²) in [6.07, 6.45) is 5.60. The van der Waals surface area contributed by atoms with Gasteiger partial charge in [-0.25, -0.2) is 4.79 Å². The van der Waals surface area contributed by atoms with Crippen LogP contribution in [-0.4, -0.2) is 41.6 Å². The number of nitrogens with zero attached hydrogens (tertiary/aromatic N) is 1. The number of hydrogen-bond donors (Lipinski definition) is 2. The maximum atomic E-state index is 11.8. The van der Waals surface area contributed by atoms with E-state index in [1.165, 1.54) is 30.6 Å². The molecule has 1 aliphatic rings. The summed E-state index contributed by atoms with van der Waals surface area (Å²) in [5.74, 6) is -0.387. The normalized spacial score (nSPS) is 15.8. The van der Waals surface area contributed by atoms with Gasteiger partial charge in [0.2, 0.25) is 0 Å². The van der Waals surface area contributed by atoms with Crippen LogP contribution < -0.4 is 5.32 Å². The Labute approximate surface area is 102 Å². The molecule has 0 aromatic heterocycles. The lowest BCUT2D eigenvalue weighted by atomic mass is 10.1. The fraction of sp³-hybridized carbons (Fsp3) is 0.833. The predicted molar refractivity (Wildman–Crippen MR) is 64.9 cm³/mol. The number of hydrogen-bond acceptors (Lipinski definition) is 2. The van der Waals surface area contributed by atoms with Crippen molar-refractivity contribution in [3.05, 3.63) is 0 Å². The topological polar surface area (TPSA) is 69.6 Å². The molecule has 0 aliphatic heterocycles.